The summed E-state index contributed by atoms with van der Waals surface area (Å²) in [5.41, 5.74) is 1.99. The van der Waals surface area contributed by atoms with Gasteiger partial charge in [0.25, 0.3) is 5.56 Å². The summed E-state index contributed by atoms with van der Waals surface area (Å²) in [6.45, 7) is 7.56. The van der Waals surface area contributed by atoms with Gasteiger partial charge in [-0.3, -0.25) is 9.36 Å². The number of carbonyl (C=O) groups is 1. The molecule has 0 unspecified atom stereocenters. The molecule has 42 heavy (non-hydrogen) atoms. The van der Waals surface area contributed by atoms with Gasteiger partial charge in [-0.05, 0) is 81.3 Å². The zero-order chi connectivity index (χ0) is 29.8. The van der Waals surface area contributed by atoms with E-state index in [1.165, 1.54) is 11.3 Å². The monoisotopic (exact) mass is 584 g/mol. The summed E-state index contributed by atoms with van der Waals surface area (Å²) >= 11 is 1.26. The van der Waals surface area contributed by atoms with Crippen molar-refractivity contribution >= 4 is 23.4 Å². The van der Waals surface area contributed by atoms with Crippen molar-refractivity contribution in [2.75, 3.05) is 13.7 Å². The molecule has 1 aromatic heterocycles. The number of para-hydroxylation sites is 1. The first-order valence-corrected chi connectivity index (χ1v) is 14.5. The van der Waals surface area contributed by atoms with Gasteiger partial charge < -0.3 is 18.9 Å². The van der Waals surface area contributed by atoms with Crippen molar-refractivity contribution in [1.82, 2.24) is 4.57 Å². The minimum atomic E-state index is -0.766. The Balaban J connectivity index is 1.62. The van der Waals surface area contributed by atoms with Crippen LogP contribution in [0.3, 0.4) is 0 Å². The zero-order valence-corrected chi connectivity index (χ0v) is 24.9. The fourth-order valence-electron chi connectivity index (χ4n) is 4.76. The highest BCUT2D eigenvalue weighted by molar-refractivity contribution is 7.07. The second-order valence-corrected chi connectivity index (χ2v) is 10.9. The lowest BCUT2D eigenvalue weighted by molar-refractivity contribution is -0.139. The molecule has 1 aliphatic rings. The smallest absolute Gasteiger partial charge is 0.338 e. The van der Waals surface area contributed by atoms with Crippen LogP contribution in [0.15, 0.2) is 93.9 Å². The van der Waals surface area contributed by atoms with Gasteiger partial charge in [0, 0.05) is 0 Å². The number of fused-ring (bicyclic) bond motifs is 1. The van der Waals surface area contributed by atoms with Crippen molar-refractivity contribution in [3.8, 4) is 23.0 Å². The molecule has 0 radical (unpaired) electrons. The van der Waals surface area contributed by atoms with E-state index in [0.29, 0.717) is 43.4 Å². The maximum absolute atomic E-state index is 14.0. The summed E-state index contributed by atoms with van der Waals surface area (Å²) < 4.78 is 24.9. The quantitative estimate of drug-likeness (QED) is 0.245. The van der Waals surface area contributed by atoms with E-state index in [-0.39, 0.29) is 18.3 Å². The van der Waals surface area contributed by atoms with E-state index in [1.54, 1.807) is 37.7 Å². The number of hydrogen-bond donors (Lipinski definition) is 0. The van der Waals surface area contributed by atoms with E-state index in [4.69, 9.17) is 18.9 Å². The van der Waals surface area contributed by atoms with Crippen LogP contribution in [-0.2, 0) is 9.53 Å². The summed E-state index contributed by atoms with van der Waals surface area (Å²) in [6.07, 6.45) is 1.75. The number of thiazole rings is 1. The van der Waals surface area contributed by atoms with Gasteiger partial charge in [0.1, 0.15) is 11.5 Å². The highest BCUT2D eigenvalue weighted by Crippen LogP contribution is 2.36. The first kappa shape index (κ1) is 28.9. The number of carbonyl (C=O) groups excluding carboxylic acids is 1. The van der Waals surface area contributed by atoms with Crippen LogP contribution in [0.2, 0.25) is 0 Å². The van der Waals surface area contributed by atoms with Crippen LogP contribution in [0.4, 0.5) is 0 Å². The maximum Gasteiger partial charge on any atom is 0.338 e. The molecule has 8 nitrogen and oxygen atoms in total. The Hall–Kier alpha value is -4.63. The third-order valence-corrected chi connectivity index (χ3v) is 7.50. The van der Waals surface area contributed by atoms with Gasteiger partial charge in [0.2, 0.25) is 0 Å². The molecule has 0 bridgehead atoms. The molecule has 0 spiro atoms. The number of rotatable bonds is 9. The number of aromatic nitrogens is 1. The predicted molar refractivity (Wildman–Crippen MR) is 162 cm³/mol. The maximum atomic E-state index is 14.0. The number of allylic oxidation sites excluding steroid dienone is 1. The van der Waals surface area contributed by atoms with Crippen molar-refractivity contribution < 1.29 is 23.7 Å². The van der Waals surface area contributed by atoms with Gasteiger partial charge in [-0.2, -0.15) is 0 Å². The molecule has 3 aromatic carbocycles. The first-order valence-electron chi connectivity index (χ1n) is 13.7. The Morgan fingerprint density at radius 2 is 1.79 bits per heavy atom. The molecule has 0 saturated heterocycles. The highest BCUT2D eigenvalue weighted by Gasteiger charge is 2.34. The second kappa shape index (κ2) is 12.5. The standard InChI is InChI=1S/C33H32N2O6S/c1-6-39-32(37)29-21(4)34-33-35(30(29)23-15-16-26(40-20(2)3)27(19-23)38-5)31(36)28(42-33)18-22-11-10-14-25(17-22)41-24-12-8-7-9-13-24/h7-20,30H,6H2,1-5H3/b28-18-/t30-/m1/s1. The van der Waals surface area contributed by atoms with E-state index in [9.17, 15) is 9.59 Å². The van der Waals surface area contributed by atoms with Gasteiger partial charge in [-0.15, -0.1) is 0 Å². The molecular weight excluding hydrogens is 552 g/mol. The average molecular weight is 585 g/mol. The highest BCUT2D eigenvalue weighted by atomic mass is 32.1. The van der Waals surface area contributed by atoms with E-state index in [1.807, 2.05) is 80.6 Å². The normalized spacial score (nSPS) is 14.8. The molecule has 5 rings (SSSR count). The molecule has 2 heterocycles. The largest absolute Gasteiger partial charge is 0.493 e. The average Bonchev–Trinajstić information content (AvgIpc) is 3.27. The predicted octanol–water partition coefficient (Wildman–Crippen LogP) is 5.39. The van der Waals surface area contributed by atoms with Crippen LogP contribution < -0.4 is 29.1 Å². The van der Waals surface area contributed by atoms with Crippen molar-refractivity contribution in [2.45, 2.75) is 39.8 Å². The molecule has 4 aromatic rings. The summed E-state index contributed by atoms with van der Waals surface area (Å²) in [5.74, 6) is 1.91. The lowest BCUT2D eigenvalue weighted by Gasteiger charge is -2.25. The minimum absolute atomic E-state index is 0.0590. The van der Waals surface area contributed by atoms with E-state index in [0.717, 1.165) is 11.3 Å². The van der Waals surface area contributed by atoms with Crippen LogP contribution in [0.25, 0.3) is 6.08 Å². The molecule has 0 aliphatic carbocycles. The number of hydrogen-bond acceptors (Lipinski definition) is 8. The Morgan fingerprint density at radius 1 is 1.02 bits per heavy atom. The Kier molecular flexibility index (Phi) is 8.59. The number of ether oxygens (including phenoxy) is 4. The third-order valence-electron chi connectivity index (χ3n) is 6.52. The van der Waals surface area contributed by atoms with Gasteiger partial charge >= 0.3 is 5.97 Å². The molecule has 0 N–H and O–H groups in total. The van der Waals surface area contributed by atoms with E-state index >= 15 is 0 Å². The molecule has 1 aliphatic heterocycles. The fraction of sp³-hybridized carbons (Fsp3) is 0.242. The Bertz CT molecular complexity index is 1820. The summed E-state index contributed by atoms with van der Waals surface area (Å²) in [7, 11) is 1.56. The SMILES string of the molecule is CCOC(=O)C1=C(C)N=c2s/c(=C\c3cccc(Oc4ccccc4)c3)c(=O)n2[C@@H]1c1ccc(OC(C)C)c(OC)c1. The molecule has 216 valence electrons. The molecule has 0 fully saturated rings. The first-order chi connectivity index (χ1) is 20.3. The topological polar surface area (TPSA) is 88.4 Å². The zero-order valence-electron chi connectivity index (χ0n) is 24.1. The number of methoxy groups -OCH3 is 1. The van der Waals surface area contributed by atoms with Crippen molar-refractivity contribution in [3.05, 3.63) is 115 Å². The number of esters is 1. The van der Waals surface area contributed by atoms with E-state index in [2.05, 4.69) is 4.99 Å². The fourth-order valence-corrected chi connectivity index (χ4v) is 5.80. The Labute approximate surface area is 247 Å². The molecule has 9 heteroatoms. The summed E-state index contributed by atoms with van der Waals surface area (Å²) in [4.78, 5) is 32.4. The molecular formula is C33H32N2O6S. The van der Waals surface area contributed by atoms with Crippen LogP contribution in [-0.4, -0.2) is 30.4 Å². The van der Waals surface area contributed by atoms with Gasteiger partial charge in [0.05, 0.1) is 41.7 Å². The van der Waals surface area contributed by atoms with Crippen LogP contribution in [0, 0.1) is 0 Å². The van der Waals surface area contributed by atoms with Crippen molar-refractivity contribution in [3.63, 3.8) is 0 Å². The van der Waals surface area contributed by atoms with Crippen molar-refractivity contribution in [2.24, 2.45) is 4.99 Å². The van der Waals surface area contributed by atoms with Crippen LogP contribution in [0.5, 0.6) is 23.0 Å². The van der Waals surface area contributed by atoms with Crippen LogP contribution >= 0.6 is 11.3 Å². The summed E-state index contributed by atoms with van der Waals surface area (Å²) in [6, 6.07) is 21.7. The van der Waals surface area contributed by atoms with Gasteiger partial charge in [-0.25, -0.2) is 9.79 Å². The lowest BCUT2D eigenvalue weighted by atomic mass is 9.95. The number of benzene rings is 3. The molecule has 0 saturated carbocycles. The lowest BCUT2D eigenvalue weighted by Crippen LogP contribution is -2.40. The minimum Gasteiger partial charge on any atom is -0.493 e. The van der Waals surface area contributed by atoms with Crippen LogP contribution in [0.1, 0.15) is 44.9 Å². The van der Waals surface area contributed by atoms with Gasteiger partial charge in [-0.1, -0.05) is 47.7 Å². The second-order valence-electron chi connectivity index (χ2n) is 9.87. The third kappa shape index (κ3) is 6.01. The van der Waals surface area contributed by atoms with Crippen molar-refractivity contribution in [1.29, 1.82) is 0 Å². The van der Waals surface area contributed by atoms with Gasteiger partial charge in [0.15, 0.2) is 16.3 Å². The summed E-state index contributed by atoms with van der Waals surface area (Å²) in [5, 5.41) is 0. The Morgan fingerprint density at radius 3 is 2.50 bits per heavy atom. The number of nitrogens with zero attached hydrogens (tertiary/aromatic N) is 2. The molecule has 1 atom stereocenters. The van der Waals surface area contributed by atoms with E-state index < -0.39 is 12.0 Å². The molecule has 0 amide bonds.